The van der Waals surface area contributed by atoms with Crippen molar-refractivity contribution in [2.45, 2.75) is 26.3 Å². The SMILES string of the molecule is CC(C)C(O)Oc1c(F)cc(F)cc1C(=O)Nc1ccc(C(F)(F)F)cc1. The Kier molecular flexibility index (Phi) is 6.04. The summed E-state index contributed by atoms with van der Waals surface area (Å²) in [6.45, 7) is 3.15. The van der Waals surface area contributed by atoms with Crippen molar-refractivity contribution in [1.82, 2.24) is 0 Å². The van der Waals surface area contributed by atoms with Gasteiger partial charge in [-0.2, -0.15) is 13.2 Å². The molecule has 146 valence electrons. The average molecular weight is 389 g/mol. The Morgan fingerprint density at radius 3 is 2.22 bits per heavy atom. The van der Waals surface area contributed by atoms with E-state index in [-0.39, 0.29) is 5.69 Å². The molecular formula is C18H16F5NO3. The van der Waals surface area contributed by atoms with Crippen LogP contribution >= 0.6 is 0 Å². The van der Waals surface area contributed by atoms with E-state index in [9.17, 15) is 31.9 Å². The number of carbonyl (C=O) groups is 1. The first-order valence-corrected chi connectivity index (χ1v) is 7.81. The second kappa shape index (κ2) is 7.91. The number of halogens is 5. The minimum Gasteiger partial charge on any atom is -0.461 e. The minimum atomic E-state index is -4.54. The maximum Gasteiger partial charge on any atom is 0.416 e. The lowest BCUT2D eigenvalue weighted by Crippen LogP contribution is -2.25. The van der Waals surface area contributed by atoms with Crippen LogP contribution in [0.2, 0.25) is 0 Å². The van der Waals surface area contributed by atoms with Gasteiger partial charge in [0, 0.05) is 17.7 Å². The van der Waals surface area contributed by atoms with E-state index in [1.807, 2.05) is 0 Å². The highest BCUT2D eigenvalue weighted by molar-refractivity contribution is 6.06. The van der Waals surface area contributed by atoms with Crippen molar-refractivity contribution >= 4 is 11.6 Å². The second-order valence-electron chi connectivity index (χ2n) is 6.05. The number of ether oxygens (including phenoxy) is 1. The summed E-state index contributed by atoms with van der Waals surface area (Å²) in [7, 11) is 0. The summed E-state index contributed by atoms with van der Waals surface area (Å²) >= 11 is 0. The fourth-order valence-corrected chi connectivity index (χ4v) is 2.05. The van der Waals surface area contributed by atoms with E-state index in [2.05, 4.69) is 5.32 Å². The van der Waals surface area contributed by atoms with Crippen molar-refractivity contribution in [2.75, 3.05) is 5.32 Å². The molecule has 4 nitrogen and oxygen atoms in total. The number of aliphatic hydroxyl groups is 1. The van der Waals surface area contributed by atoms with Crippen LogP contribution in [0.15, 0.2) is 36.4 Å². The van der Waals surface area contributed by atoms with Gasteiger partial charge in [-0.25, -0.2) is 8.78 Å². The normalized spacial score (nSPS) is 12.8. The number of alkyl halides is 3. The van der Waals surface area contributed by atoms with Gasteiger partial charge in [0.25, 0.3) is 5.91 Å². The fourth-order valence-electron chi connectivity index (χ4n) is 2.05. The van der Waals surface area contributed by atoms with Gasteiger partial charge in [0.1, 0.15) is 5.82 Å². The van der Waals surface area contributed by atoms with E-state index in [4.69, 9.17) is 4.74 Å². The zero-order valence-corrected chi connectivity index (χ0v) is 14.3. The van der Waals surface area contributed by atoms with Gasteiger partial charge in [0.15, 0.2) is 17.9 Å². The van der Waals surface area contributed by atoms with Crippen LogP contribution in [-0.4, -0.2) is 17.3 Å². The minimum absolute atomic E-state index is 0.0203. The van der Waals surface area contributed by atoms with Crippen molar-refractivity contribution in [1.29, 1.82) is 0 Å². The average Bonchev–Trinajstić information content (AvgIpc) is 2.56. The highest BCUT2D eigenvalue weighted by Gasteiger charge is 2.30. The van der Waals surface area contributed by atoms with Crippen molar-refractivity contribution in [2.24, 2.45) is 5.92 Å². The van der Waals surface area contributed by atoms with E-state index in [0.717, 1.165) is 24.3 Å². The number of hydrogen-bond acceptors (Lipinski definition) is 3. The first-order valence-electron chi connectivity index (χ1n) is 7.81. The van der Waals surface area contributed by atoms with Crippen LogP contribution in [0.25, 0.3) is 0 Å². The summed E-state index contributed by atoms with van der Waals surface area (Å²) in [5.74, 6) is -4.38. The zero-order valence-electron chi connectivity index (χ0n) is 14.3. The molecule has 0 heterocycles. The molecule has 0 fully saturated rings. The van der Waals surface area contributed by atoms with Crippen molar-refractivity contribution in [3.05, 3.63) is 59.2 Å². The van der Waals surface area contributed by atoms with Gasteiger partial charge >= 0.3 is 6.18 Å². The summed E-state index contributed by atoms with van der Waals surface area (Å²) in [6.07, 6.45) is -6.00. The van der Waals surface area contributed by atoms with Gasteiger partial charge in [0.2, 0.25) is 0 Å². The zero-order chi connectivity index (χ0) is 20.4. The molecular weight excluding hydrogens is 373 g/mol. The number of amides is 1. The third-order valence-corrected chi connectivity index (χ3v) is 3.53. The number of anilines is 1. The predicted molar refractivity (Wildman–Crippen MR) is 87.2 cm³/mol. The lowest BCUT2D eigenvalue weighted by Gasteiger charge is -2.19. The molecule has 1 atom stereocenters. The van der Waals surface area contributed by atoms with Crippen LogP contribution in [-0.2, 0) is 6.18 Å². The number of nitrogens with one attached hydrogen (secondary N) is 1. The molecule has 0 spiro atoms. The molecule has 27 heavy (non-hydrogen) atoms. The maximum atomic E-state index is 14.0. The summed E-state index contributed by atoms with van der Waals surface area (Å²) in [5.41, 5.74) is -1.48. The molecule has 2 aromatic rings. The molecule has 2 rings (SSSR count). The third kappa shape index (κ3) is 5.16. The Hall–Kier alpha value is -2.68. The van der Waals surface area contributed by atoms with Crippen molar-refractivity contribution in [3.8, 4) is 5.75 Å². The Bertz CT molecular complexity index is 819. The van der Waals surface area contributed by atoms with E-state index >= 15 is 0 Å². The van der Waals surface area contributed by atoms with E-state index < -0.39 is 52.8 Å². The van der Waals surface area contributed by atoms with Gasteiger partial charge in [-0.15, -0.1) is 0 Å². The summed E-state index contributed by atoms with van der Waals surface area (Å²) in [4.78, 5) is 12.3. The number of carbonyl (C=O) groups excluding carboxylic acids is 1. The van der Waals surface area contributed by atoms with Crippen LogP contribution in [0.3, 0.4) is 0 Å². The topological polar surface area (TPSA) is 58.6 Å². The van der Waals surface area contributed by atoms with E-state index in [0.29, 0.717) is 12.1 Å². The molecule has 0 aliphatic rings. The lowest BCUT2D eigenvalue weighted by molar-refractivity contribution is -0.137. The molecule has 2 N–H and O–H groups in total. The summed E-state index contributed by atoms with van der Waals surface area (Å²) in [5, 5.41) is 12.0. The van der Waals surface area contributed by atoms with Crippen LogP contribution < -0.4 is 10.1 Å². The third-order valence-electron chi connectivity index (χ3n) is 3.53. The molecule has 2 aromatic carbocycles. The van der Waals surface area contributed by atoms with E-state index in [1.165, 1.54) is 0 Å². The van der Waals surface area contributed by atoms with Gasteiger partial charge in [-0.3, -0.25) is 4.79 Å². The quantitative estimate of drug-likeness (QED) is 0.581. The van der Waals surface area contributed by atoms with E-state index in [1.54, 1.807) is 13.8 Å². The number of hydrogen-bond donors (Lipinski definition) is 2. The molecule has 1 unspecified atom stereocenters. The summed E-state index contributed by atoms with van der Waals surface area (Å²) in [6, 6.07) is 4.69. The standard InChI is InChI=1S/C18H16F5NO3/c1-9(2)17(26)27-15-13(7-11(19)8-14(15)20)16(25)24-12-5-3-10(4-6-12)18(21,22)23/h3-9,17,26H,1-2H3,(H,24,25). The highest BCUT2D eigenvalue weighted by atomic mass is 19.4. The number of benzene rings is 2. The first-order chi connectivity index (χ1) is 12.5. The number of aliphatic hydroxyl groups excluding tert-OH is 1. The van der Waals surface area contributed by atoms with Crippen molar-refractivity contribution in [3.63, 3.8) is 0 Å². The largest absolute Gasteiger partial charge is 0.461 e. The van der Waals surface area contributed by atoms with Gasteiger partial charge in [-0.1, -0.05) is 13.8 Å². The highest BCUT2D eigenvalue weighted by Crippen LogP contribution is 2.31. The molecule has 0 aliphatic heterocycles. The molecule has 9 heteroatoms. The van der Waals surface area contributed by atoms with Gasteiger partial charge < -0.3 is 15.2 Å². The van der Waals surface area contributed by atoms with Crippen molar-refractivity contribution < 1.29 is 36.6 Å². The van der Waals surface area contributed by atoms with Crippen LogP contribution in [0.4, 0.5) is 27.6 Å². The molecule has 0 radical (unpaired) electrons. The Labute approximate surface area is 151 Å². The number of rotatable bonds is 5. The Balaban J connectivity index is 2.30. The second-order valence-corrected chi connectivity index (χ2v) is 6.05. The van der Waals surface area contributed by atoms with Gasteiger partial charge in [0.05, 0.1) is 11.1 Å². The molecule has 0 aliphatic carbocycles. The fraction of sp³-hybridized carbons (Fsp3) is 0.278. The molecule has 0 saturated carbocycles. The monoisotopic (exact) mass is 389 g/mol. The van der Waals surface area contributed by atoms with Crippen LogP contribution in [0.5, 0.6) is 5.75 Å². The summed E-state index contributed by atoms with van der Waals surface area (Å²) < 4.78 is 70.3. The molecule has 0 aromatic heterocycles. The van der Waals surface area contributed by atoms with Crippen LogP contribution in [0, 0.1) is 17.6 Å². The molecule has 1 amide bonds. The maximum absolute atomic E-state index is 14.0. The lowest BCUT2D eigenvalue weighted by atomic mass is 10.1. The first kappa shape index (κ1) is 20.6. The van der Waals surface area contributed by atoms with Gasteiger partial charge in [-0.05, 0) is 30.3 Å². The Morgan fingerprint density at radius 2 is 1.70 bits per heavy atom. The molecule has 0 saturated heterocycles. The smallest absolute Gasteiger partial charge is 0.416 e. The molecule has 0 bridgehead atoms. The van der Waals surface area contributed by atoms with Crippen LogP contribution in [0.1, 0.15) is 29.8 Å². The Morgan fingerprint density at radius 1 is 1.11 bits per heavy atom. The predicted octanol–water partition coefficient (Wildman–Crippen LogP) is 4.59.